The van der Waals surface area contributed by atoms with E-state index in [1.54, 1.807) is 4.90 Å². The van der Waals surface area contributed by atoms with Gasteiger partial charge in [0.25, 0.3) is 0 Å². The van der Waals surface area contributed by atoms with E-state index < -0.39 is 25.0 Å². The first-order valence-electron chi connectivity index (χ1n) is 5.11. The first-order valence-corrected chi connectivity index (χ1v) is 5.11. The lowest BCUT2D eigenvalue weighted by molar-refractivity contribution is -0.174. The predicted molar refractivity (Wildman–Crippen MR) is 49.9 cm³/mol. The summed E-state index contributed by atoms with van der Waals surface area (Å²) < 4.78 is 39.5. The molecule has 0 aromatic carbocycles. The second-order valence-electron chi connectivity index (χ2n) is 3.92. The van der Waals surface area contributed by atoms with Crippen LogP contribution in [-0.2, 0) is 4.74 Å². The molecule has 16 heavy (non-hydrogen) atoms. The van der Waals surface area contributed by atoms with E-state index in [-0.39, 0.29) is 6.61 Å². The molecule has 96 valence electrons. The normalized spacial score (nSPS) is 27.6. The highest BCUT2D eigenvalue weighted by atomic mass is 19.4. The molecule has 4 nitrogen and oxygen atoms in total. The van der Waals surface area contributed by atoms with Crippen molar-refractivity contribution in [1.82, 2.24) is 4.90 Å². The highest BCUT2D eigenvalue weighted by Crippen LogP contribution is 2.14. The second-order valence-corrected chi connectivity index (χ2v) is 3.92. The topological polar surface area (TPSA) is 52.9 Å². The van der Waals surface area contributed by atoms with Gasteiger partial charge in [-0.2, -0.15) is 13.2 Å². The summed E-state index contributed by atoms with van der Waals surface area (Å²) in [6.45, 7) is 0.0489. The first-order chi connectivity index (χ1) is 7.38. The Bertz CT molecular complexity index is 203. The maximum atomic E-state index is 11.7. The molecule has 1 saturated heterocycles. The third-order valence-corrected chi connectivity index (χ3v) is 2.36. The fraction of sp³-hybridized carbons (Fsp3) is 1.00. The minimum absolute atomic E-state index is 0.0300. The Hall–Kier alpha value is -0.370. The summed E-state index contributed by atoms with van der Waals surface area (Å²) in [4.78, 5) is 1.80. The highest BCUT2D eigenvalue weighted by Gasteiger charge is 2.29. The molecule has 0 aromatic heterocycles. The molecule has 1 aliphatic heterocycles. The van der Waals surface area contributed by atoms with Gasteiger partial charge < -0.3 is 14.9 Å². The molecule has 1 heterocycles. The molecule has 0 bridgehead atoms. The van der Waals surface area contributed by atoms with E-state index in [0.717, 1.165) is 0 Å². The lowest BCUT2D eigenvalue weighted by atomic mass is 10.3. The zero-order chi connectivity index (χ0) is 12.2. The number of aliphatic hydroxyl groups excluding tert-OH is 2. The van der Waals surface area contributed by atoms with Crippen LogP contribution in [0.25, 0.3) is 0 Å². The summed E-state index contributed by atoms with van der Waals surface area (Å²) in [5, 5.41) is 18.4. The number of rotatable bonds is 5. The van der Waals surface area contributed by atoms with Crippen molar-refractivity contribution < 1.29 is 28.1 Å². The average molecular weight is 243 g/mol. The predicted octanol–water partition coefficient (Wildman–Crippen LogP) is -0.00720. The monoisotopic (exact) mass is 243 g/mol. The molecule has 2 N–H and O–H groups in total. The Morgan fingerprint density at radius 2 is 1.75 bits per heavy atom. The number of halogens is 3. The van der Waals surface area contributed by atoms with Crippen LogP contribution in [0.1, 0.15) is 6.42 Å². The van der Waals surface area contributed by atoms with Gasteiger partial charge in [0, 0.05) is 26.2 Å². The fourth-order valence-electron chi connectivity index (χ4n) is 1.61. The Morgan fingerprint density at radius 3 is 2.25 bits per heavy atom. The summed E-state index contributed by atoms with van der Waals surface area (Å²) in [5.74, 6) is 0. The van der Waals surface area contributed by atoms with Crippen LogP contribution in [0, 0.1) is 0 Å². The average Bonchev–Trinajstić information content (AvgIpc) is 2.44. The quantitative estimate of drug-likeness (QED) is 0.667. The van der Waals surface area contributed by atoms with E-state index >= 15 is 0 Å². The number of likely N-dealkylation sites (tertiary alicyclic amines) is 1. The van der Waals surface area contributed by atoms with Gasteiger partial charge >= 0.3 is 6.18 Å². The SMILES string of the molecule is OC1CN(CCCOCC(F)(F)F)CC1O. The number of aliphatic hydroxyl groups is 2. The standard InChI is InChI=1S/C9H16F3NO3/c10-9(11,12)6-16-3-1-2-13-4-7(14)8(15)5-13/h7-8,14-15H,1-6H2. The van der Waals surface area contributed by atoms with Crippen LogP contribution in [-0.4, -0.2) is 66.3 Å². The van der Waals surface area contributed by atoms with E-state index in [4.69, 9.17) is 0 Å². The smallest absolute Gasteiger partial charge is 0.389 e. The van der Waals surface area contributed by atoms with Crippen LogP contribution in [0.2, 0.25) is 0 Å². The lowest BCUT2D eigenvalue weighted by Gasteiger charge is -2.14. The minimum Gasteiger partial charge on any atom is -0.389 e. The fourth-order valence-corrected chi connectivity index (χ4v) is 1.61. The molecule has 2 unspecified atom stereocenters. The maximum absolute atomic E-state index is 11.7. The van der Waals surface area contributed by atoms with E-state index in [1.807, 2.05) is 0 Å². The van der Waals surface area contributed by atoms with Crippen LogP contribution in [0.4, 0.5) is 13.2 Å². The van der Waals surface area contributed by atoms with Gasteiger partial charge in [0.1, 0.15) is 6.61 Å². The molecule has 0 amide bonds. The third-order valence-electron chi connectivity index (χ3n) is 2.36. The lowest BCUT2D eigenvalue weighted by Crippen LogP contribution is -2.25. The van der Waals surface area contributed by atoms with Gasteiger partial charge in [-0.15, -0.1) is 0 Å². The Morgan fingerprint density at radius 1 is 1.19 bits per heavy atom. The number of nitrogens with zero attached hydrogens (tertiary/aromatic N) is 1. The molecule has 0 saturated carbocycles. The molecule has 2 atom stereocenters. The van der Waals surface area contributed by atoms with Gasteiger partial charge in [-0.3, -0.25) is 4.90 Å². The Labute approximate surface area is 91.6 Å². The van der Waals surface area contributed by atoms with Crippen molar-refractivity contribution in [3.8, 4) is 0 Å². The van der Waals surface area contributed by atoms with Gasteiger partial charge in [-0.1, -0.05) is 0 Å². The molecular formula is C9H16F3NO3. The molecule has 0 spiro atoms. The van der Waals surface area contributed by atoms with Crippen molar-refractivity contribution in [3.05, 3.63) is 0 Å². The third kappa shape index (κ3) is 5.11. The van der Waals surface area contributed by atoms with Gasteiger partial charge in [-0.25, -0.2) is 0 Å². The molecule has 0 radical (unpaired) electrons. The maximum Gasteiger partial charge on any atom is 0.411 e. The number of ether oxygens (including phenoxy) is 1. The van der Waals surface area contributed by atoms with Crippen molar-refractivity contribution in [2.45, 2.75) is 24.8 Å². The number of hydrogen-bond acceptors (Lipinski definition) is 4. The van der Waals surface area contributed by atoms with Crippen molar-refractivity contribution in [2.24, 2.45) is 0 Å². The number of alkyl halides is 3. The van der Waals surface area contributed by atoms with Gasteiger partial charge in [0.2, 0.25) is 0 Å². The Balaban J connectivity index is 2.00. The summed E-state index contributed by atoms with van der Waals surface area (Å²) in [6, 6.07) is 0. The van der Waals surface area contributed by atoms with E-state index in [1.165, 1.54) is 0 Å². The summed E-state index contributed by atoms with van der Waals surface area (Å²) in [6.07, 6.45) is -5.33. The van der Waals surface area contributed by atoms with Crippen molar-refractivity contribution in [1.29, 1.82) is 0 Å². The van der Waals surface area contributed by atoms with Gasteiger partial charge in [0.05, 0.1) is 12.2 Å². The summed E-state index contributed by atoms with van der Waals surface area (Å²) in [5.41, 5.74) is 0. The first kappa shape index (κ1) is 13.7. The largest absolute Gasteiger partial charge is 0.411 e. The summed E-state index contributed by atoms with van der Waals surface area (Å²) >= 11 is 0. The zero-order valence-electron chi connectivity index (χ0n) is 8.78. The molecule has 1 aliphatic rings. The Kier molecular flexibility index (Phi) is 4.97. The number of β-amino-alcohol motifs (C(OH)–C–C–N with tert-alkyl or cyclic N) is 2. The molecule has 7 heteroatoms. The summed E-state index contributed by atoms with van der Waals surface area (Å²) in [7, 11) is 0. The van der Waals surface area contributed by atoms with Gasteiger partial charge in [0.15, 0.2) is 0 Å². The van der Waals surface area contributed by atoms with E-state index in [9.17, 15) is 23.4 Å². The molecule has 1 fully saturated rings. The van der Waals surface area contributed by atoms with Crippen LogP contribution < -0.4 is 0 Å². The molecule has 1 rings (SSSR count). The molecular weight excluding hydrogens is 227 g/mol. The van der Waals surface area contributed by atoms with E-state index in [2.05, 4.69) is 4.74 Å². The minimum atomic E-state index is -4.28. The van der Waals surface area contributed by atoms with Crippen molar-refractivity contribution >= 4 is 0 Å². The molecule has 0 aliphatic carbocycles. The number of hydrogen-bond donors (Lipinski definition) is 2. The molecule has 0 aromatic rings. The second kappa shape index (κ2) is 5.81. The van der Waals surface area contributed by atoms with E-state index in [0.29, 0.717) is 26.1 Å². The van der Waals surface area contributed by atoms with Crippen LogP contribution in [0.15, 0.2) is 0 Å². The van der Waals surface area contributed by atoms with Crippen molar-refractivity contribution in [3.63, 3.8) is 0 Å². The van der Waals surface area contributed by atoms with Crippen molar-refractivity contribution in [2.75, 3.05) is 32.8 Å². The highest BCUT2D eigenvalue weighted by molar-refractivity contribution is 4.82. The van der Waals surface area contributed by atoms with Crippen LogP contribution in [0.5, 0.6) is 0 Å². The van der Waals surface area contributed by atoms with Gasteiger partial charge in [-0.05, 0) is 6.42 Å². The zero-order valence-corrected chi connectivity index (χ0v) is 8.78. The van der Waals surface area contributed by atoms with Crippen LogP contribution >= 0.6 is 0 Å². The van der Waals surface area contributed by atoms with Crippen LogP contribution in [0.3, 0.4) is 0 Å².